The molecule has 0 unspecified atom stereocenters. The highest BCUT2D eigenvalue weighted by atomic mass is 32.1. The highest BCUT2D eigenvalue weighted by molar-refractivity contribution is 7.17. The largest absolute Gasteiger partial charge is 0.417 e. The van der Waals surface area contributed by atoms with Crippen molar-refractivity contribution in [1.29, 1.82) is 0 Å². The first-order chi connectivity index (χ1) is 10.6. The van der Waals surface area contributed by atoms with Crippen LogP contribution in [0.3, 0.4) is 0 Å². The van der Waals surface area contributed by atoms with Gasteiger partial charge in [-0.1, -0.05) is 20.8 Å². The lowest BCUT2D eigenvalue weighted by atomic mass is 10.1. The van der Waals surface area contributed by atoms with Crippen LogP contribution in [-0.2, 0) is 10.8 Å². The lowest BCUT2D eigenvalue weighted by Crippen LogP contribution is -2.41. The third-order valence-corrected chi connectivity index (χ3v) is 10.3. The Morgan fingerprint density at radius 1 is 1.30 bits per heavy atom. The second-order valence-electron chi connectivity index (χ2n) is 7.55. The van der Waals surface area contributed by atoms with Crippen molar-refractivity contribution in [1.82, 2.24) is 0 Å². The molecule has 0 fully saturated rings. The van der Waals surface area contributed by atoms with Gasteiger partial charge in [0.25, 0.3) is 0 Å². The van der Waals surface area contributed by atoms with E-state index in [2.05, 4.69) is 39.2 Å². The van der Waals surface area contributed by atoms with Crippen molar-refractivity contribution in [3.8, 4) is 0 Å². The summed E-state index contributed by atoms with van der Waals surface area (Å²) in [6.07, 6.45) is 1.97. The Kier molecular flexibility index (Phi) is 5.33. The van der Waals surface area contributed by atoms with E-state index in [1.165, 1.54) is 10.3 Å². The van der Waals surface area contributed by atoms with E-state index in [-0.39, 0.29) is 10.9 Å². The molecule has 1 aromatic carbocycles. The minimum Gasteiger partial charge on any atom is -0.417 e. The minimum absolute atomic E-state index is 0.248. The second-order valence-corrected chi connectivity index (χ2v) is 13.3. The van der Waals surface area contributed by atoms with Gasteiger partial charge in [0.2, 0.25) is 5.91 Å². The van der Waals surface area contributed by atoms with Gasteiger partial charge < -0.3 is 10.2 Å². The van der Waals surface area contributed by atoms with Crippen LogP contribution >= 0.6 is 11.3 Å². The maximum Gasteiger partial charge on any atom is 0.248 e. The fourth-order valence-corrected chi connectivity index (χ4v) is 4.30. The van der Waals surface area contributed by atoms with E-state index in [0.29, 0.717) is 5.56 Å². The van der Waals surface area contributed by atoms with Gasteiger partial charge in [-0.25, -0.2) is 0 Å². The number of amides is 1. The molecule has 0 saturated carbocycles. The Balaban J connectivity index is 2.00. The number of nitrogens with two attached hydrogens (primary N) is 1. The van der Waals surface area contributed by atoms with Crippen LogP contribution < -0.4 is 5.73 Å². The van der Waals surface area contributed by atoms with Crippen molar-refractivity contribution in [3.05, 3.63) is 34.7 Å². The molecule has 2 N–H and O–H groups in total. The van der Waals surface area contributed by atoms with Crippen molar-refractivity contribution in [3.63, 3.8) is 0 Å². The van der Waals surface area contributed by atoms with Gasteiger partial charge in [-0.3, -0.25) is 4.79 Å². The zero-order valence-corrected chi connectivity index (χ0v) is 16.5. The molecule has 126 valence electrons. The van der Waals surface area contributed by atoms with E-state index in [1.54, 1.807) is 17.4 Å². The number of primary amides is 1. The number of carbonyl (C=O) groups is 1. The molecule has 0 bridgehead atoms. The molecule has 0 atom stereocenters. The van der Waals surface area contributed by atoms with E-state index in [0.717, 1.165) is 24.8 Å². The number of aryl methyl sites for hydroxylation is 1. The Labute approximate surface area is 144 Å². The number of hydrogen-bond acceptors (Lipinski definition) is 3. The third-order valence-electron chi connectivity index (χ3n) is 4.80. The Morgan fingerprint density at radius 3 is 2.61 bits per heavy atom. The molecule has 5 heteroatoms. The second kappa shape index (κ2) is 6.75. The predicted molar refractivity (Wildman–Crippen MR) is 102 cm³/mol. The first-order valence-corrected chi connectivity index (χ1v) is 11.8. The molecule has 0 spiro atoms. The number of thiophene rings is 1. The molecule has 1 amide bonds. The monoisotopic (exact) mass is 349 g/mol. The molecule has 0 aliphatic carbocycles. The zero-order valence-electron chi connectivity index (χ0n) is 14.7. The van der Waals surface area contributed by atoms with E-state index >= 15 is 0 Å². The number of rotatable bonds is 6. The average molecular weight is 350 g/mol. The molecule has 0 radical (unpaired) electrons. The number of hydrogen-bond donors (Lipinski definition) is 1. The molecule has 1 aromatic heterocycles. The summed E-state index contributed by atoms with van der Waals surface area (Å²) in [7, 11) is -1.66. The van der Waals surface area contributed by atoms with Crippen LogP contribution in [0.2, 0.25) is 18.1 Å². The number of carbonyl (C=O) groups excluding carboxylic acids is 1. The summed E-state index contributed by atoms with van der Waals surface area (Å²) >= 11 is 1.72. The van der Waals surface area contributed by atoms with E-state index < -0.39 is 8.32 Å². The van der Waals surface area contributed by atoms with Crippen molar-refractivity contribution in [2.45, 2.75) is 51.7 Å². The van der Waals surface area contributed by atoms with Crippen LogP contribution in [0, 0.1) is 0 Å². The van der Waals surface area contributed by atoms with E-state index in [4.69, 9.17) is 10.2 Å². The summed E-state index contributed by atoms with van der Waals surface area (Å²) in [5.74, 6) is -0.370. The van der Waals surface area contributed by atoms with Gasteiger partial charge in [-0.05, 0) is 65.5 Å². The zero-order chi connectivity index (χ0) is 17.3. The van der Waals surface area contributed by atoms with E-state index in [1.807, 2.05) is 12.1 Å². The minimum atomic E-state index is -1.66. The van der Waals surface area contributed by atoms with Gasteiger partial charge in [-0.15, -0.1) is 11.3 Å². The lowest BCUT2D eigenvalue weighted by molar-refractivity contribution is 0.100. The summed E-state index contributed by atoms with van der Waals surface area (Å²) < 4.78 is 7.44. The molecule has 2 aromatic rings. The van der Waals surface area contributed by atoms with Crippen molar-refractivity contribution in [2.75, 3.05) is 6.61 Å². The third kappa shape index (κ3) is 4.22. The molecular weight excluding hydrogens is 322 g/mol. The van der Waals surface area contributed by atoms with Gasteiger partial charge in [0.15, 0.2) is 8.32 Å². The normalized spacial score (nSPS) is 12.7. The van der Waals surface area contributed by atoms with Crippen molar-refractivity contribution in [2.24, 2.45) is 5.73 Å². The molecule has 0 saturated heterocycles. The van der Waals surface area contributed by atoms with Crippen molar-refractivity contribution >= 4 is 35.6 Å². The van der Waals surface area contributed by atoms with Crippen LogP contribution in [0.1, 0.15) is 43.1 Å². The fraction of sp³-hybridized carbons (Fsp3) is 0.500. The number of benzene rings is 1. The van der Waals surface area contributed by atoms with Crippen LogP contribution in [0.25, 0.3) is 10.1 Å². The Hall–Kier alpha value is -1.17. The Morgan fingerprint density at radius 2 is 2.00 bits per heavy atom. The van der Waals surface area contributed by atoms with Crippen LogP contribution in [0.4, 0.5) is 0 Å². The van der Waals surface area contributed by atoms with Gasteiger partial charge in [0, 0.05) is 16.9 Å². The van der Waals surface area contributed by atoms with Gasteiger partial charge in [0.05, 0.1) is 0 Å². The van der Waals surface area contributed by atoms with Crippen LogP contribution in [0.15, 0.2) is 23.6 Å². The summed E-state index contributed by atoms with van der Waals surface area (Å²) in [6, 6.07) is 5.69. The van der Waals surface area contributed by atoms with Crippen molar-refractivity contribution < 1.29 is 9.22 Å². The summed E-state index contributed by atoms with van der Waals surface area (Å²) in [5.41, 5.74) is 7.25. The first kappa shape index (κ1) is 18.2. The maximum absolute atomic E-state index is 11.4. The van der Waals surface area contributed by atoms with Gasteiger partial charge in [-0.2, -0.15) is 0 Å². The summed E-state index contributed by atoms with van der Waals surface area (Å²) in [5, 5.41) is 3.58. The standard InChI is InChI=1S/C18H27NO2SSi/c1-18(2,3)23(4,5)21-10-6-7-14-12-22-16-9-8-13(17(19)20)11-15(14)16/h8-9,11-12H,6-7,10H2,1-5H3,(H2,19,20). The molecule has 0 aliphatic heterocycles. The van der Waals surface area contributed by atoms with Gasteiger partial charge >= 0.3 is 0 Å². The smallest absolute Gasteiger partial charge is 0.248 e. The number of fused-ring (bicyclic) bond motifs is 1. The quantitative estimate of drug-likeness (QED) is 0.592. The summed E-state index contributed by atoms with van der Waals surface area (Å²) in [4.78, 5) is 11.4. The topological polar surface area (TPSA) is 52.3 Å². The Bertz CT molecular complexity index is 701. The molecule has 0 aliphatic rings. The highest BCUT2D eigenvalue weighted by Crippen LogP contribution is 2.36. The SMILES string of the molecule is CC(C)(C)[Si](C)(C)OCCCc1csc2ccc(C(N)=O)cc12. The van der Waals surface area contributed by atoms with Crippen LogP contribution in [-0.4, -0.2) is 20.8 Å². The maximum atomic E-state index is 11.4. The fourth-order valence-electron chi connectivity index (χ4n) is 2.24. The highest BCUT2D eigenvalue weighted by Gasteiger charge is 2.36. The predicted octanol–water partition coefficient (Wildman–Crippen LogP) is 4.95. The molecule has 1 heterocycles. The first-order valence-electron chi connectivity index (χ1n) is 8.06. The molecule has 3 nitrogen and oxygen atoms in total. The average Bonchev–Trinajstić information content (AvgIpc) is 2.84. The molecular formula is C18H27NO2SSi. The van der Waals surface area contributed by atoms with E-state index in [9.17, 15) is 4.79 Å². The molecule has 2 rings (SSSR count). The lowest BCUT2D eigenvalue weighted by Gasteiger charge is -2.36. The van der Waals surface area contributed by atoms with Crippen LogP contribution in [0.5, 0.6) is 0 Å². The molecule has 23 heavy (non-hydrogen) atoms. The van der Waals surface area contributed by atoms with Gasteiger partial charge in [0.1, 0.15) is 0 Å². The summed E-state index contributed by atoms with van der Waals surface area (Å²) in [6.45, 7) is 12.1.